The molecule has 0 bridgehead atoms. The maximum absolute atomic E-state index is 11.8. The molecule has 156 valence electrons. The molecule has 0 atom stereocenters. The first-order chi connectivity index (χ1) is 13.9. The van der Waals surface area contributed by atoms with Crippen LogP contribution in [0.3, 0.4) is 0 Å². The molecule has 3 N–H and O–H groups in total. The second-order valence-electron chi connectivity index (χ2n) is 5.84. The smallest absolute Gasteiger partial charge is 0.505 e. The van der Waals surface area contributed by atoms with E-state index in [4.69, 9.17) is 0 Å². The van der Waals surface area contributed by atoms with Gasteiger partial charge in [0.1, 0.15) is 15.5 Å². The summed E-state index contributed by atoms with van der Waals surface area (Å²) >= 11 is 0. The van der Waals surface area contributed by atoms with E-state index in [1.807, 2.05) is 0 Å². The van der Waals surface area contributed by atoms with E-state index in [1.54, 1.807) is 0 Å². The molecule has 0 radical (unpaired) electrons. The average molecular weight is 476 g/mol. The molecule has 31 heavy (non-hydrogen) atoms. The fourth-order valence-corrected chi connectivity index (χ4v) is 4.06. The predicted molar refractivity (Wildman–Crippen MR) is 103 cm³/mol. The zero-order chi connectivity index (χ0) is 22.3. The van der Waals surface area contributed by atoms with E-state index in [2.05, 4.69) is 10.2 Å². The van der Waals surface area contributed by atoms with Gasteiger partial charge in [0.2, 0.25) is 0 Å². The van der Waals surface area contributed by atoms with Gasteiger partial charge in [0.25, 0.3) is 25.9 Å². The number of nitro benzene ring substituents is 1. The molecule has 0 aliphatic carbocycles. The Morgan fingerprint density at radius 2 is 1.45 bits per heavy atom. The van der Waals surface area contributed by atoms with Gasteiger partial charge in [-0.15, -0.1) is 5.11 Å². The molecule has 0 fully saturated rings. The van der Waals surface area contributed by atoms with Gasteiger partial charge in [-0.2, -0.15) is 21.9 Å². The summed E-state index contributed by atoms with van der Waals surface area (Å²) in [6, 6.07) is 8.63. The third-order valence-corrected chi connectivity index (χ3v) is 5.72. The number of azo groups is 1. The quantitative estimate of drug-likeness (QED) is 0.153. The van der Waals surface area contributed by atoms with Gasteiger partial charge in [-0.05, 0) is 24.3 Å². The van der Waals surface area contributed by atoms with Crippen LogP contribution in [-0.2, 0) is 20.2 Å². The molecule has 0 aliphatic rings. The molecule has 0 saturated carbocycles. The fraction of sp³-hybridized carbons (Fsp3) is 0. The number of hydrogen-bond donors (Lipinski definition) is 3. The summed E-state index contributed by atoms with van der Waals surface area (Å²) in [6.45, 7) is 0. The number of fused-ring (bicyclic) bond motifs is 1. The number of aromatic hydroxyl groups is 1. The number of benzene rings is 3. The van der Waals surface area contributed by atoms with Gasteiger partial charge < -0.3 is 5.11 Å². The average Bonchev–Trinajstić information content (AvgIpc) is 2.65. The van der Waals surface area contributed by atoms with Crippen molar-refractivity contribution < 1.29 is 65.5 Å². The zero-order valence-electron chi connectivity index (χ0n) is 15.6. The first kappa shape index (κ1) is 24.8. The van der Waals surface area contributed by atoms with Crippen LogP contribution in [0.2, 0.25) is 0 Å². The van der Waals surface area contributed by atoms with Crippen LogP contribution < -0.4 is 29.6 Å². The Labute approximate surface area is 197 Å². The summed E-state index contributed by atoms with van der Waals surface area (Å²) < 4.78 is 65.8. The number of phenols is 1. The first-order valence-electron chi connectivity index (χ1n) is 7.79. The normalized spacial score (nSPS) is 12.1. The summed E-state index contributed by atoms with van der Waals surface area (Å²) in [5.41, 5.74) is -0.657. The standard InChI is InChI=1S/C16H11N3O9S2.Na/c20-16-12(18-17-9-4-6-10(7-5-9)19(21)22)8-14(30(26,27)28)11-2-1-3-13(15(11)16)29(23,24)25;/h1-8,20H,(H,23,24,25)(H,26,27,28);/q;+1. The summed E-state index contributed by atoms with van der Waals surface area (Å²) in [7, 11) is -9.78. The molecular weight excluding hydrogens is 465 g/mol. The number of nitro groups is 1. The van der Waals surface area contributed by atoms with Crippen molar-refractivity contribution in [3.63, 3.8) is 0 Å². The van der Waals surface area contributed by atoms with Crippen LogP contribution in [0.15, 0.2) is 68.6 Å². The van der Waals surface area contributed by atoms with E-state index in [-0.39, 0.29) is 46.3 Å². The zero-order valence-corrected chi connectivity index (χ0v) is 19.2. The van der Waals surface area contributed by atoms with Crippen molar-refractivity contribution in [1.82, 2.24) is 0 Å². The maximum atomic E-state index is 11.8. The van der Waals surface area contributed by atoms with Crippen LogP contribution in [-0.4, -0.2) is 36.0 Å². The minimum Gasteiger partial charge on any atom is -0.505 e. The van der Waals surface area contributed by atoms with Gasteiger partial charge in [0.15, 0.2) is 5.75 Å². The van der Waals surface area contributed by atoms with E-state index < -0.39 is 51.8 Å². The molecule has 0 spiro atoms. The number of nitrogens with zero attached hydrogens (tertiary/aromatic N) is 3. The van der Waals surface area contributed by atoms with Crippen molar-refractivity contribution in [2.75, 3.05) is 0 Å². The van der Waals surface area contributed by atoms with Gasteiger partial charge in [-0.25, -0.2) is 0 Å². The summed E-state index contributed by atoms with van der Waals surface area (Å²) in [4.78, 5) is 8.45. The minimum absolute atomic E-state index is 0. The van der Waals surface area contributed by atoms with Crippen molar-refractivity contribution in [1.29, 1.82) is 0 Å². The Balaban J connectivity index is 0.00000341. The maximum Gasteiger partial charge on any atom is 1.00 e. The molecule has 3 aromatic rings. The van der Waals surface area contributed by atoms with E-state index in [1.165, 1.54) is 12.1 Å². The van der Waals surface area contributed by atoms with Crippen molar-refractivity contribution in [2.24, 2.45) is 10.2 Å². The first-order valence-corrected chi connectivity index (χ1v) is 10.7. The van der Waals surface area contributed by atoms with Gasteiger partial charge >= 0.3 is 29.6 Å². The molecule has 0 aliphatic heterocycles. The Kier molecular flexibility index (Phi) is 7.17. The molecule has 3 aromatic carbocycles. The fourth-order valence-electron chi connectivity index (χ4n) is 2.64. The van der Waals surface area contributed by atoms with Gasteiger partial charge in [-0.1, -0.05) is 12.1 Å². The summed E-state index contributed by atoms with van der Waals surface area (Å²) in [5, 5.41) is 27.6. The Bertz CT molecular complexity index is 1420. The van der Waals surface area contributed by atoms with Crippen LogP contribution in [0.25, 0.3) is 10.8 Å². The van der Waals surface area contributed by atoms with Crippen LogP contribution >= 0.6 is 0 Å². The second-order valence-corrected chi connectivity index (χ2v) is 8.62. The summed E-state index contributed by atoms with van der Waals surface area (Å²) in [6.07, 6.45) is 0. The molecule has 0 aromatic heterocycles. The van der Waals surface area contributed by atoms with Crippen molar-refractivity contribution >= 4 is 48.1 Å². The Morgan fingerprint density at radius 3 is 1.97 bits per heavy atom. The van der Waals surface area contributed by atoms with Gasteiger partial charge in [-0.3, -0.25) is 19.2 Å². The monoisotopic (exact) mass is 476 g/mol. The van der Waals surface area contributed by atoms with Crippen molar-refractivity contribution in [3.8, 4) is 5.75 Å². The van der Waals surface area contributed by atoms with Crippen LogP contribution in [0, 0.1) is 10.1 Å². The largest absolute Gasteiger partial charge is 1.00 e. The van der Waals surface area contributed by atoms with E-state index in [0.717, 1.165) is 36.4 Å². The third-order valence-electron chi connectivity index (χ3n) is 3.93. The minimum atomic E-state index is -4.89. The van der Waals surface area contributed by atoms with Gasteiger partial charge in [0.05, 0.1) is 10.6 Å². The van der Waals surface area contributed by atoms with Crippen LogP contribution in [0.1, 0.15) is 0 Å². The molecular formula is C16H11N3NaO9S2+. The summed E-state index contributed by atoms with van der Waals surface area (Å²) in [5.74, 6) is -0.823. The van der Waals surface area contributed by atoms with Crippen molar-refractivity contribution in [2.45, 2.75) is 9.79 Å². The molecule has 0 heterocycles. The molecule has 0 amide bonds. The molecule has 0 saturated heterocycles. The predicted octanol–water partition coefficient (Wildman–Crippen LogP) is 0.366. The molecule has 0 unspecified atom stereocenters. The SMILES string of the molecule is O=[N+]([O-])c1ccc(N=Nc2cc(S(=O)(=O)O)c3cccc(S(=O)(=O)O)c3c2O)cc1.[Na+]. The topological polar surface area (TPSA) is 197 Å². The second kappa shape index (κ2) is 8.96. The molecule has 3 rings (SSSR count). The molecule has 15 heteroatoms. The number of hydrogen-bond acceptors (Lipinski definition) is 9. The third kappa shape index (κ3) is 5.24. The van der Waals surface area contributed by atoms with Crippen LogP contribution in [0.5, 0.6) is 5.75 Å². The Hall–Kier alpha value is -2.46. The number of phenolic OH excluding ortho intramolecular Hbond substituents is 1. The molecule has 12 nitrogen and oxygen atoms in total. The van der Waals surface area contributed by atoms with E-state index in [0.29, 0.717) is 0 Å². The van der Waals surface area contributed by atoms with Crippen LogP contribution in [0.4, 0.5) is 17.1 Å². The number of rotatable bonds is 5. The van der Waals surface area contributed by atoms with E-state index >= 15 is 0 Å². The number of non-ortho nitro benzene ring substituents is 1. The van der Waals surface area contributed by atoms with Crippen molar-refractivity contribution in [3.05, 3.63) is 58.6 Å². The van der Waals surface area contributed by atoms with E-state index in [9.17, 15) is 41.2 Å². The van der Waals surface area contributed by atoms with Gasteiger partial charge in [0, 0.05) is 22.9 Å². The Morgan fingerprint density at radius 1 is 0.871 bits per heavy atom.